The van der Waals surface area contributed by atoms with Crippen LogP contribution in [0.2, 0.25) is 0 Å². The van der Waals surface area contributed by atoms with Gasteiger partial charge >= 0.3 is 18.1 Å². The van der Waals surface area contributed by atoms with E-state index in [0.29, 0.717) is 10.5 Å². The van der Waals surface area contributed by atoms with Crippen LogP contribution in [0, 0.1) is 6.92 Å². The topological polar surface area (TPSA) is 49.9 Å². The number of nitrogens with zero attached hydrogens (tertiary/aromatic N) is 2. The van der Waals surface area contributed by atoms with E-state index in [9.17, 15) is 22.8 Å². The normalized spacial score (nSPS) is 17.0. The molecule has 1 atom stereocenters. The summed E-state index contributed by atoms with van der Waals surface area (Å²) in [6.07, 6.45) is -5.13. The highest BCUT2D eigenvalue weighted by molar-refractivity contribution is 6.03. The van der Waals surface area contributed by atoms with Gasteiger partial charge in [-0.15, -0.1) is 0 Å². The molecule has 0 aliphatic carbocycles. The van der Waals surface area contributed by atoms with Crippen molar-refractivity contribution in [2.75, 3.05) is 23.5 Å². The van der Waals surface area contributed by atoms with Crippen molar-refractivity contribution in [1.82, 2.24) is 0 Å². The fourth-order valence-corrected chi connectivity index (χ4v) is 3.26. The van der Waals surface area contributed by atoms with E-state index in [1.165, 1.54) is 12.1 Å². The maximum Gasteiger partial charge on any atom is 0.471 e. The Morgan fingerprint density at radius 1 is 1.07 bits per heavy atom. The number of hydrogen-bond acceptors (Lipinski definition) is 4. The summed E-state index contributed by atoms with van der Waals surface area (Å²) in [6.45, 7) is 2.03. The number of fused-ring (bicyclic) bond motifs is 1. The summed E-state index contributed by atoms with van der Waals surface area (Å²) in [5.74, 6) is -3.01. The van der Waals surface area contributed by atoms with Crippen LogP contribution in [-0.4, -0.2) is 37.7 Å². The quantitative estimate of drug-likeness (QED) is 0.735. The lowest BCUT2D eigenvalue weighted by Crippen LogP contribution is -2.54. The molecule has 2 aromatic carbocycles. The van der Waals surface area contributed by atoms with Gasteiger partial charge in [0.15, 0.2) is 6.04 Å². The van der Waals surface area contributed by atoms with Gasteiger partial charge in [-0.2, -0.15) is 13.2 Å². The standard InChI is InChI=1S/C20H19F3N2O3/c1-13-7-9-15(10-8-13)24-11-14-5-3-4-6-16(14)25(19(27)20(21,22)23)17(12-24)18(26)28-2/h3-10,17H,11-12H2,1-2H3. The van der Waals surface area contributed by atoms with Gasteiger partial charge < -0.3 is 9.64 Å². The summed E-state index contributed by atoms with van der Waals surface area (Å²) in [4.78, 5) is 26.9. The van der Waals surface area contributed by atoms with Crippen LogP contribution in [0.15, 0.2) is 48.5 Å². The number of rotatable bonds is 2. The number of benzene rings is 2. The summed E-state index contributed by atoms with van der Waals surface area (Å²) in [7, 11) is 1.09. The highest BCUT2D eigenvalue weighted by Crippen LogP contribution is 2.34. The minimum Gasteiger partial charge on any atom is -0.467 e. The van der Waals surface area contributed by atoms with Crippen LogP contribution < -0.4 is 9.80 Å². The van der Waals surface area contributed by atoms with E-state index in [2.05, 4.69) is 0 Å². The molecule has 0 saturated heterocycles. The molecule has 1 amide bonds. The number of carbonyl (C=O) groups excluding carboxylic acids is 2. The number of esters is 1. The molecule has 0 spiro atoms. The molecule has 3 rings (SSSR count). The average molecular weight is 392 g/mol. The van der Waals surface area contributed by atoms with E-state index in [1.54, 1.807) is 17.0 Å². The molecule has 1 unspecified atom stereocenters. The first-order chi connectivity index (χ1) is 13.2. The smallest absolute Gasteiger partial charge is 0.467 e. The zero-order valence-corrected chi connectivity index (χ0v) is 15.4. The fraction of sp³-hybridized carbons (Fsp3) is 0.300. The number of para-hydroxylation sites is 1. The largest absolute Gasteiger partial charge is 0.471 e. The summed E-state index contributed by atoms with van der Waals surface area (Å²) in [5.41, 5.74) is 2.31. The molecule has 148 valence electrons. The molecule has 5 nitrogen and oxygen atoms in total. The lowest BCUT2D eigenvalue weighted by molar-refractivity contribution is -0.171. The molecule has 0 bridgehead atoms. The van der Waals surface area contributed by atoms with Gasteiger partial charge in [-0.1, -0.05) is 35.9 Å². The van der Waals surface area contributed by atoms with Gasteiger partial charge in [-0.25, -0.2) is 4.79 Å². The molecular weight excluding hydrogens is 373 g/mol. The Hall–Kier alpha value is -3.03. The number of aryl methyl sites for hydroxylation is 1. The summed E-state index contributed by atoms with van der Waals surface area (Å²) < 4.78 is 44.7. The average Bonchev–Trinajstić information content (AvgIpc) is 2.83. The van der Waals surface area contributed by atoms with Crippen LogP contribution in [-0.2, 0) is 20.9 Å². The SMILES string of the molecule is COC(=O)C1CN(c2ccc(C)cc2)Cc2ccccc2N1C(=O)C(F)(F)F. The van der Waals surface area contributed by atoms with E-state index in [4.69, 9.17) is 4.74 Å². The number of methoxy groups -OCH3 is 1. The van der Waals surface area contributed by atoms with E-state index < -0.39 is 24.1 Å². The minimum absolute atomic E-state index is 0.0508. The Morgan fingerprint density at radius 2 is 1.71 bits per heavy atom. The number of carbonyl (C=O) groups is 2. The number of amides is 1. The van der Waals surface area contributed by atoms with E-state index >= 15 is 0 Å². The molecule has 0 aromatic heterocycles. The number of anilines is 2. The minimum atomic E-state index is -5.13. The predicted molar refractivity (Wildman–Crippen MR) is 98.0 cm³/mol. The molecule has 0 saturated carbocycles. The van der Waals surface area contributed by atoms with Crippen molar-refractivity contribution in [3.05, 3.63) is 59.7 Å². The van der Waals surface area contributed by atoms with Gasteiger partial charge in [0, 0.05) is 18.8 Å². The van der Waals surface area contributed by atoms with Gasteiger partial charge in [0.25, 0.3) is 0 Å². The molecule has 28 heavy (non-hydrogen) atoms. The third kappa shape index (κ3) is 3.81. The van der Waals surface area contributed by atoms with Crippen molar-refractivity contribution in [2.24, 2.45) is 0 Å². The second-order valence-corrected chi connectivity index (χ2v) is 6.56. The van der Waals surface area contributed by atoms with Gasteiger partial charge in [0.2, 0.25) is 0 Å². The van der Waals surface area contributed by atoms with E-state index in [1.807, 2.05) is 31.2 Å². The van der Waals surface area contributed by atoms with Crippen molar-refractivity contribution in [3.8, 4) is 0 Å². The first-order valence-corrected chi connectivity index (χ1v) is 8.60. The highest BCUT2D eigenvalue weighted by Gasteiger charge is 2.49. The van der Waals surface area contributed by atoms with Crippen molar-refractivity contribution in [3.63, 3.8) is 0 Å². The molecule has 8 heteroatoms. The van der Waals surface area contributed by atoms with E-state index in [-0.39, 0.29) is 18.8 Å². The van der Waals surface area contributed by atoms with Crippen LogP contribution in [0.5, 0.6) is 0 Å². The fourth-order valence-electron chi connectivity index (χ4n) is 3.26. The Morgan fingerprint density at radius 3 is 2.32 bits per heavy atom. The molecule has 1 aliphatic rings. The zero-order chi connectivity index (χ0) is 20.5. The third-order valence-electron chi connectivity index (χ3n) is 4.65. The van der Waals surface area contributed by atoms with Crippen LogP contribution in [0.3, 0.4) is 0 Å². The van der Waals surface area contributed by atoms with Gasteiger partial charge in [0.1, 0.15) is 0 Å². The van der Waals surface area contributed by atoms with Crippen molar-refractivity contribution in [1.29, 1.82) is 0 Å². The molecule has 0 N–H and O–H groups in total. The van der Waals surface area contributed by atoms with Crippen LogP contribution in [0.1, 0.15) is 11.1 Å². The second-order valence-electron chi connectivity index (χ2n) is 6.56. The van der Waals surface area contributed by atoms with Crippen LogP contribution >= 0.6 is 0 Å². The zero-order valence-electron chi connectivity index (χ0n) is 15.4. The maximum atomic E-state index is 13.3. The molecule has 1 heterocycles. The summed E-state index contributed by atoms with van der Waals surface area (Å²) in [6, 6.07) is 12.2. The third-order valence-corrected chi connectivity index (χ3v) is 4.65. The predicted octanol–water partition coefficient (Wildman–Crippen LogP) is 3.45. The number of ether oxygens (including phenoxy) is 1. The molecule has 2 aromatic rings. The first kappa shape index (κ1) is 19.7. The van der Waals surface area contributed by atoms with Crippen molar-refractivity contribution in [2.45, 2.75) is 25.7 Å². The highest BCUT2D eigenvalue weighted by atomic mass is 19.4. The summed E-state index contributed by atoms with van der Waals surface area (Å²) in [5, 5.41) is 0. The van der Waals surface area contributed by atoms with Crippen molar-refractivity contribution < 1.29 is 27.5 Å². The lowest BCUT2D eigenvalue weighted by atomic mass is 10.1. The van der Waals surface area contributed by atoms with Gasteiger partial charge in [-0.3, -0.25) is 9.69 Å². The number of alkyl halides is 3. The van der Waals surface area contributed by atoms with Crippen LogP contribution in [0.4, 0.5) is 24.5 Å². The van der Waals surface area contributed by atoms with Crippen LogP contribution in [0.25, 0.3) is 0 Å². The molecule has 1 aliphatic heterocycles. The van der Waals surface area contributed by atoms with Gasteiger partial charge in [-0.05, 0) is 30.7 Å². The molecule has 0 radical (unpaired) electrons. The Balaban J connectivity index is 2.14. The monoisotopic (exact) mass is 392 g/mol. The second kappa shape index (κ2) is 7.53. The van der Waals surface area contributed by atoms with E-state index in [0.717, 1.165) is 18.4 Å². The molecule has 0 fully saturated rings. The molecular formula is C20H19F3N2O3. The first-order valence-electron chi connectivity index (χ1n) is 8.60. The lowest BCUT2D eigenvalue weighted by Gasteiger charge is -2.31. The summed E-state index contributed by atoms with van der Waals surface area (Å²) >= 11 is 0. The van der Waals surface area contributed by atoms with Gasteiger partial charge in [0.05, 0.1) is 12.8 Å². The Kier molecular flexibility index (Phi) is 5.31. The number of halogens is 3. The van der Waals surface area contributed by atoms with Crippen molar-refractivity contribution >= 4 is 23.3 Å². The Labute approximate surface area is 160 Å². The number of hydrogen-bond donors (Lipinski definition) is 0. The maximum absolute atomic E-state index is 13.3. The Bertz CT molecular complexity index is 881.